The first-order chi connectivity index (χ1) is 7.05. The van der Waals surface area contributed by atoms with Crippen LogP contribution >= 0.6 is 0 Å². The third kappa shape index (κ3) is 7.63. The molecule has 7 nitrogen and oxygen atoms in total. The Labute approximate surface area is 87.9 Å². The van der Waals surface area contributed by atoms with Crippen LogP contribution in [-0.4, -0.2) is 81.5 Å². The van der Waals surface area contributed by atoms with Crippen molar-refractivity contribution in [1.82, 2.24) is 0 Å². The molecule has 94 valence electrons. The average Bonchev–Trinajstić information content (AvgIpc) is 2.32. The molecule has 0 saturated heterocycles. The van der Waals surface area contributed by atoms with Crippen molar-refractivity contribution in [3.8, 4) is 0 Å². The smallest absolute Gasteiger partial charge is 0.100 e. The maximum Gasteiger partial charge on any atom is 0.100 e. The third-order valence-electron chi connectivity index (χ3n) is 1.76. The molecule has 0 radical (unpaired) electrons. The molecule has 7 N–H and O–H groups in total. The quantitative estimate of drug-likeness (QED) is 0.248. The molecule has 0 aliphatic heterocycles. The first kappa shape index (κ1) is 17.1. The number of hydrogen-bond donors (Lipinski definition) is 7. The van der Waals surface area contributed by atoms with Crippen molar-refractivity contribution in [3.05, 3.63) is 0 Å². The molecule has 0 aromatic heterocycles. The SMILES string of the molecule is OCC(CO)(CO)CO.OCC(O)CO. The van der Waals surface area contributed by atoms with E-state index in [1.54, 1.807) is 0 Å². The average molecular weight is 228 g/mol. The van der Waals surface area contributed by atoms with E-state index in [1.807, 2.05) is 0 Å². The fourth-order valence-electron chi connectivity index (χ4n) is 0.358. The van der Waals surface area contributed by atoms with Crippen molar-refractivity contribution in [3.63, 3.8) is 0 Å². The van der Waals surface area contributed by atoms with E-state index in [2.05, 4.69) is 0 Å². The number of aliphatic hydroxyl groups is 7. The van der Waals surface area contributed by atoms with Gasteiger partial charge < -0.3 is 35.7 Å². The van der Waals surface area contributed by atoms with Crippen molar-refractivity contribution < 1.29 is 35.7 Å². The first-order valence-corrected chi connectivity index (χ1v) is 4.39. The lowest BCUT2D eigenvalue weighted by Crippen LogP contribution is -2.37. The van der Waals surface area contributed by atoms with Crippen LogP contribution in [-0.2, 0) is 0 Å². The van der Waals surface area contributed by atoms with Gasteiger partial charge in [0.2, 0.25) is 0 Å². The van der Waals surface area contributed by atoms with Crippen LogP contribution in [0.4, 0.5) is 0 Å². The van der Waals surface area contributed by atoms with Crippen molar-refractivity contribution in [2.45, 2.75) is 6.10 Å². The lowest BCUT2D eigenvalue weighted by molar-refractivity contribution is -0.0328. The molecule has 0 aliphatic carbocycles. The molecule has 0 spiro atoms. The molecule has 15 heavy (non-hydrogen) atoms. The molecule has 0 bridgehead atoms. The maximum absolute atomic E-state index is 8.50. The number of aliphatic hydroxyl groups excluding tert-OH is 7. The van der Waals surface area contributed by atoms with E-state index in [4.69, 9.17) is 35.7 Å². The van der Waals surface area contributed by atoms with Gasteiger partial charge in [-0.1, -0.05) is 0 Å². The summed E-state index contributed by atoms with van der Waals surface area (Å²) in [6.45, 7) is -2.35. The van der Waals surface area contributed by atoms with E-state index in [9.17, 15) is 0 Å². The van der Waals surface area contributed by atoms with E-state index >= 15 is 0 Å². The minimum atomic E-state index is -1.11. The lowest BCUT2D eigenvalue weighted by Gasteiger charge is -2.23. The Bertz CT molecular complexity index is 105. The van der Waals surface area contributed by atoms with Gasteiger partial charge in [0.15, 0.2) is 0 Å². The molecular weight excluding hydrogens is 208 g/mol. The second kappa shape index (κ2) is 10.2. The molecule has 0 amide bonds. The highest BCUT2D eigenvalue weighted by Gasteiger charge is 2.26. The minimum absolute atomic E-state index is 0.365. The Morgan fingerprint density at radius 2 is 0.933 bits per heavy atom. The van der Waals surface area contributed by atoms with Gasteiger partial charge in [0, 0.05) is 0 Å². The molecule has 0 atom stereocenters. The van der Waals surface area contributed by atoms with Gasteiger partial charge in [-0.05, 0) is 0 Å². The van der Waals surface area contributed by atoms with Gasteiger partial charge in [-0.15, -0.1) is 0 Å². The van der Waals surface area contributed by atoms with Crippen LogP contribution in [0.1, 0.15) is 0 Å². The molecule has 0 aromatic rings. The molecule has 0 aromatic carbocycles. The zero-order chi connectivity index (χ0) is 12.3. The van der Waals surface area contributed by atoms with Crippen molar-refractivity contribution in [2.24, 2.45) is 5.41 Å². The zero-order valence-electron chi connectivity index (χ0n) is 8.45. The van der Waals surface area contributed by atoms with Crippen LogP contribution in [0.5, 0.6) is 0 Å². The summed E-state index contributed by atoms with van der Waals surface area (Å²) in [6, 6.07) is 0. The highest BCUT2D eigenvalue weighted by molar-refractivity contribution is 4.74. The molecule has 7 heteroatoms. The van der Waals surface area contributed by atoms with Gasteiger partial charge in [-0.2, -0.15) is 0 Å². The molecule has 0 heterocycles. The van der Waals surface area contributed by atoms with Crippen LogP contribution in [0.3, 0.4) is 0 Å². The maximum atomic E-state index is 8.50. The summed E-state index contributed by atoms with van der Waals surface area (Å²) in [5.41, 5.74) is -1.11. The van der Waals surface area contributed by atoms with Gasteiger partial charge >= 0.3 is 0 Å². The van der Waals surface area contributed by atoms with Crippen molar-refractivity contribution in [2.75, 3.05) is 39.6 Å². The summed E-state index contributed by atoms with van der Waals surface area (Å²) in [4.78, 5) is 0. The van der Waals surface area contributed by atoms with Gasteiger partial charge in [0.25, 0.3) is 0 Å². The normalized spacial score (nSPS) is 11.2. The Balaban J connectivity index is 0. The fraction of sp³-hybridized carbons (Fsp3) is 1.00. The van der Waals surface area contributed by atoms with E-state index in [0.29, 0.717) is 0 Å². The van der Waals surface area contributed by atoms with E-state index in [1.165, 1.54) is 0 Å². The summed E-state index contributed by atoms with van der Waals surface area (Å²) in [7, 11) is 0. The molecule has 0 rings (SSSR count). The first-order valence-electron chi connectivity index (χ1n) is 4.39. The van der Waals surface area contributed by atoms with Crippen LogP contribution in [0.25, 0.3) is 0 Å². The molecule has 0 unspecified atom stereocenters. The molecule has 0 fully saturated rings. The third-order valence-corrected chi connectivity index (χ3v) is 1.76. The van der Waals surface area contributed by atoms with E-state index in [-0.39, 0.29) is 13.2 Å². The monoisotopic (exact) mass is 228 g/mol. The predicted molar refractivity (Wildman–Crippen MR) is 51.0 cm³/mol. The largest absolute Gasteiger partial charge is 0.396 e. The zero-order valence-corrected chi connectivity index (χ0v) is 8.45. The molecular formula is C8H20O7. The van der Waals surface area contributed by atoms with Crippen LogP contribution in [0.15, 0.2) is 0 Å². The van der Waals surface area contributed by atoms with Gasteiger partial charge in [-0.3, -0.25) is 0 Å². The minimum Gasteiger partial charge on any atom is -0.396 e. The molecule has 0 aliphatic rings. The van der Waals surface area contributed by atoms with Gasteiger partial charge in [0.05, 0.1) is 45.1 Å². The Hall–Kier alpha value is -0.280. The Morgan fingerprint density at radius 3 is 0.933 bits per heavy atom. The lowest BCUT2D eigenvalue weighted by atomic mass is 9.93. The highest BCUT2D eigenvalue weighted by Crippen LogP contribution is 2.11. The summed E-state index contributed by atoms with van der Waals surface area (Å²) in [6.07, 6.45) is -0.954. The number of rotatable bonds is 6. The Morgan fingerprint density at radius 1 is 0.667 bits per heavy atom. The predicted octanol–water partition coefficient (Wildman–Crippen LogP) is -3.73. The van der Waals surface area contributed by atoms with Gasteiger partial charge in [0.1, 0.15) is 6.10 Å². The van der Waals surface area contributed by atoms with Crippen LogP contribution in [0.2, 0.25) is 0 Å². The standard InChI is InChI=1S/C5H12O4.C3H8O3/c6-1-5(2-7,3-8)4-9;4-1-3(6)2-5/h6-9H,1-4H2;3-6H,1-2H2. The van der Waals surface area contributed by atoms with Crippen molar-refractivity contribution >= 4 is 0 Å². The highest BCUT2D eigenvalue weighted by atomic mass is 16.3. The van der Waals surface area contributed by atoms with Crippen LogP contribution in [0, 0.1) is 5.41 Å². The van der Waals surface area contributed by atoms with Gasteiger partial charge in [-0.25, -0.2) is 0 Å². The summed E-state index contributed by atoms with van der Waals surface area (Å²) in [5, 5.41) is 58.0. The Kier molecular flexibility index (Phi) is 11.7. The number of hydrogen-bond acceptors (Lipinski definition) is 7. The van der Waals surface area contributed by atoms with Crippen molar-refractivity contribution in [1.29, 1.82) is 0 Å². The second-order valence-corrected chi connectivity index (χ2v) is 3.15. The summed E-state index contributed by atoms with van der Waals surface area (Å²) < 4.78 is 0. The summed E-state index contributed by atoms with van der Waals surface area (Å²) in [5.74, 6) is 0. The topological polar surface area (TPSA) is 142 Å². The fourth-order valence-corrected chi connectivity index (χ4v) is 0.358. The molecule has 0 saturated carbocycles. The van der Waals surface area contributed by atoms with E-state index < -0.39 is 37.9 Å². The summed E-state index contributed by atoms with van der Waals surface area (Å²) >= 11 is 0. The van der Waals surface area contributed by atoms with Crippen LogP contribution < -0.4 is 0 Å². The second-order valence-electron chi connectivity index (χ2n) is 3.15. The van der Waals surface area contributed by atoms with E-state index in [0.717, 1.165) is 0 Å².